The summed E-state index contributed by atoms with van der Waals surface area (Å²) < 4.78 is 25.5. The van der Waals surface area contributed by atoms with Crippen LogP contribution in [0.2, 0.25) is 0 Å². The van der Waals surface area contributed by atoms with Gasteiger partial charge >= 0.3 is 0 Å². The summed E-state index contributed by atoms with van der Waals surface area (Å²) in [6.45, 7) is 1.65. The molecule has 1 rings (SSSR count). The lowest BCUT2D eigenvalue weighted by atomic mass is 10.3. The molecule has 2 N–H and O–H groups in total. The van der Waals surface area contributed by atoms with Gasteiger partial charge in [-0.15, -0.1) is 0 Å². The second-order valence-corrected chi connectivity index (χ2v) is 3.70. The first-order chi connectivity index (χ1) is 8.52. The predicted molar refractivity (Wildman–Crippen MR) is 62.9 cm³/mol. The van der Waals surface area contributed by atoms with E-state index in [1.54, 1.807) is 0 Å². The third-order valence-corrected chi connectivity index (χ3v) is 2.13. The minimum absolute atomic E-state index is 0.142. The molecule has 0 aliphatic heterocycles. The highest BCUT2D eigenvalue weighted by molar-refractivity contribution is 5.94. The Balaban J connectivity index is 2.44. The maximum absolute atomic E-state index is 12.8. The van der Waals surface area contributed by atoms with Crippen LogP contribution in [0, 0.1) is 11.6 Å². The van der Waals surface area contributed by atoms with Crippen molar-refractivity contribution >= 4 is 17.5 Å². The number of rotatable bonds is 5. The summed E-state index contributed by atoms with van der Waals surface area (Å²) in [5.41, 5.74) is 0.142. The van der Waals surface area contributed by atoms with Crippen LogP contribution < -0.4 is 10.6 Å². The lowest BCUT2D eigenvalue weighted by molar-refractivity contribution is -0.124. The second kappa shape index (κ2) is 6.68. The molecule has 0 atom stereocenters. The SMILES string of the molecule is CCCC(=O)NCC(=O)Nc1ccc(F)c(F)c1. The molecular weight excluding hydrogens is 242 g/mol. The number of carbonyl (C=O) groups is 2. The molecule has 4 nitrogen and oxygen atoms in total. The molecule has 0 bridgehead atoms. The van der Waals surface area contributed by atoms with E-state index in [0.717, 1.165) is 12.1 Å². The highest BCUT2D eigenvalue weighted by Gasteiger charge is 2.07. The molecule has 0 aliphatic rings. The van der Waals surface area contributed by atoms with Gasteiger partial charge < -0.3 is 10.6 Å². The summed E-state index contributed by atoms with van der Waals surface area (Å²) in [7, 11) is 0. The van der Waals surface area contributed by atoms with Crippen LogP contribution in [0.4, 0.5) is 14.5 Å². The van der Waals surface area contributed by atoms with Crippen molar-refractivity contribution in [2.24, 2.45) is 0 Å². The average Bonchev–Trinajstić information content (AvgIpc) is 2.32. The fourth-order valence-corrected chi connectivity index (χ4v) is 1.27. The van der Waals surface area contributed by atoms with Gasteiger partial charge in [0.05, 0.1) is 6.54 Å². The average molecular weight is 256 g/mol. The van der Waals surface area contributed by atoms with Crippen LogP contribution in [0.5, 0.6) is 0 Å². The maximum atomic E-state index is 12.8. The zero-order valence-corrected chi connectivity index (χ0v) is 9.93. The van der Waals surface area contributed by atoms with Gasteiger partial charge in [-0.1, -0.05) is 6.92 Å². The smallest absolute Gasteiger partial charge is 0.243 e. The molecule has 0 aromatic heterocycles. The first-order valence-corrected chi connectivity index (χ1v) is 5.54. The Morgan fingerprint density at radius 2 is 1.89 bits per heavy atom. The van der Waals surface area contributed by atoms with E-state index in [-0.39, 0.29) is 18.1 Å². The third kappa shape index (κ3) is 4.48. The van der Waals surface area contributed by atoms with E-state index >= 15 is 0 Å². The number of benzene rings is 1. The summed E-state index contributed by atoms with van der Waals surface area (Å²) in [5, 5.41) is 4.76. The van der Waals surface area contributed by atoms with E-state index in [1.165, 1.54) is 6.07 Å². The first-order valence-electron chi connectivity index (χ1n) is 5.54. The Labute approximate surface area is 103 Å². The summed E-state index contributed by atoms with van der Waals surface area (Å²) in [6.07, 6.45) is 1.04. The zero-order chi connectivity index (χ0) is 13.5. The Hall–Kier alpha value is -1.98. The lowest BCUT2D eigenvalue weighted by Crippen LogP contribution is -2.32. The number of halogens is 2. The summed E-state index contributed by atoms with van der Waals surface area (Å²) >= 11 is 0. The van der Waals surface area contributed by atoms with Crippen LogP contribution in [0.1, 0.15) is 19.8 Å². The number of amides is 2. The van der Waals surface area contributed by atoms with Gasteiger partial charge in [-0.05, 0) is 18.6 Å². The molecule has 18 heavy (non-hydrogen) atoms. The van der Waals surface area contributed by atoms with E-state index in [0.29, 0.717) is 12.8 Å². The molecule has 2 amide bonds. The molecule has 0 fully saturated rings. The van der Waals surface area contributed by atoms with Crippen molar-refractivity contribution in [3.05, 3.63) is 29.8 Å². The Kier molecular flexibility index (Phi) is 5.23. The number of hydrogen-bond donors (Lipinski definition) is 2. The van der Waals surface area contributed by atoms with Crippen LogP contribution in [-0.2, 0) is 9.59 Å². The molecule has 0 saturated carbocycles. The van der Waals surface area contributed by atoms with Gasteiger partial charge in [0.2, 0.25) is 11.8 Å². The van der Waals surface area contributed by atoms with Crippen molar-refractivity contribution in [1.82, 2.24) is 5.32 Å². The largest absolute Gasteiger partial charge is 0.347 e. The van der Waals surface area contributed by atoms with Crippen molar-refractivity contribution in [2.75, 3.05) is 11.9 Å². The number of carbonyl (C=O) groups excluding carboxylic acids is 2. The lowest BCUT2D eigenvalue weighted by Gasteiger charge is -2.06. The monoisotopic (exact) mass is 256 g/mol. The van der Waals surface area contributed by atoms with Crippen molar-refractivity contribution in [2.45, 2.75) is 19.8 Å². The topological polar surface area (TPSA) is 58.2 Å². The van der Waals surface area contributed by atoms with Crippen LogP contribution in [0.15, 0.2) is 18.2 Å². The van der Waals surface area contributed by atoms with E-state index in [4.69, 9.17) is 0 Å². The van der Waals surface area contributed by atoms with Crippen LogP contribution in [0.25, 0.3) is 0 Å². The third-order valence-electron chi connectivity index (χ3n) is 2.13. The fourth-order valence-electron chi connectivity index (χ4n) is 1.27. The molecule has 0 radical (unpaired) electrons. The van der Waals surface area contributed by atoms with Crippen LogP contribution >= 0.6 is 0 Å². The molecule has 98 valence electrons. The molecule has 6 heteroatoms. The van der Waals surface area contributed by atoms with Gasteiger partial charge in [-0.25, -0.2) is 8.78 Å². The standard InChI is InChI=1S/C12H14F2N2O2/c1-2-3-11(17)15-7-12(18)16-8-4-5-9(13)10(14)6-8/h4-6H,2-3,7H2,1H3,(H,15,17)(H,16,18). The Morgan fingerprint density at radius 3 is 2.50 bits per heavy atom. The molecule has 0 unspecified atom stereocenters. The molecule has 0 saturated heterocycles. The molecule has 0 heterocycles. The summed E-state index contributed by atoms with van der Waals surface area (Å²) in [6, 6.07) is 3.03. The molecule has 1 aromatic carbocycles. The van der Waals surface area contributed by atoms with Gasteiger partial charge in [-0.2, -0.15) is 0 Å². The van der Waals surface area contributed by atoms with Gasteiger partial charge in [0.15, 0.2) is 11.6 Å². The highest BCUT2D eigenvalue weighted by Crippen LogP contribution is 2.12. The van der Waals surface area contributed by atoms with Gasteiger partial charge in [-0.3, -0.25) is 9.59 Å². The first kappa shape index (κ1) is 14.1. The Morgan fingerprint density at radius 1 is 1.17 bits per heavy atom. The van der Waals surface area contributed by atoms with E-state index < -0.39 is 17.5 Å². The van der Waals surface area contributed by atoms with E-state index in [2.05, 4.69) is 10.6 Å². The zero-order valence-electron chi connectivity index (χ0n) is 9.93. The molecule has 1 aromatic rings. The summed E-state index contributed by atoms with van der Waals surface area (Å²) in [5.74, 6) is -2.74. The fraction of sp³-hybridized carbons (Fsp3) is 0.333. The molecule has 0 spiro atoms. The number of anilines is 1. The van der Waals surface area contributed by atoms with Crippen LogP contribution in [-0.4, -0.2) is 18.4 Å². The predicted octanol–water partition coefficient (Wildman–Crippen LogP) is 1.82. The number of hydrogen-bond acceptors (Lipinski definition) is 2. The molecule has 0 aliphatic carbocycles. The van der Waals surface area contributed by atoms with Crippen molar-refractivity contribution < 1.29 is 18.4 Å². The van der Waals surface area contributed by atoms with Crippen molar-refractivity contribution in [1.29, 1.82) is 0 Å². The second-order valence-electron chi connectivity index (χ2n) is 3.70. The van der Waals surface area contributed by atoms with Gasteiger partial charge in [0.25, 0.3) is 0 Å². The minimum Gasteiger partial charge on any atom is -0.347 e. The normalized spacial score (nSPS) is 9.94. The number of nitrogens with one attached hydrogen (secondary N) is 2. The minimum atomic E-state index is -1.04. The van der Waals surface area contributed by atoms with E-state index in [9.17, 15) is 18.4 Å². The highest BCUT2D eigenvalue weighted by atomic mass is 19.2. The summed E-state index contributed by atoms with van der Waals surface area (Å²) in [4.78, 5) is 22.5. The van der Waals surface area contributed by atoms with E-state index in [1.807, 2.05) is 6.92 Å². The van der Waals surface area contributed by atoms with Crippen molar-refractivity contribution in [3.8, 4) is 0 Å². The Bertz CT molecular complexity index is 450. The van der Waals surface area contributed by atoms with Crippen LogP contribution in [0.3, 0.4) is 0 Å². The van der Waals surface area contributed by atoms with Gasteiger partial charge in [0.1, 0.15) is 0 Å². The quantitative estimate of drug-likeness (QED) is 0.844. The van der Waals surface area contributed by atoms with Gasteiger partial charge in [0, 0.05) is 18.2 Å². The van der Waals surface area contributed by atoms with Crippen molar-refractivity contribution in [3.63, 3.8) is 0 Å². The molecular formula is C12H14F2N2O2. The maximum Gasteiger partial charge on any atom is 0.243 e.